The van der Waals surface area contributed by atoms with E-state index in [-0.39, 0.29) is 0 Å². The highest BCUT2D eigenvalue weighted by Gasteiger charge is 2.32. The Labute approximate surface area is 210 Å². The number of hydrogen-bond donors (Lipinski definition) is 2. The zero-order chi connectivity index (χ0) is 26.1. The van der Waals surface area contributed by atoms with Gasteiger partial charge in [0.15, 0.2) is 11.8 Å². The minimum Gasteiger partial charge on any atom is -0.388 e. The molecule has 0 spiro atoms. The van der Waals surface area contributed by atoms with Gasteiger partial charge in [0.05, 0.1) is 5.69 Å². The number of aromatic nitrogens is 1. The Hall–Kier alpha value is -4.22. The molecule has 2 amide bonds. The van der Waals surface area contributed by atoms with E-state index in [1.165, 1.54) is 19.7 Å². The summed E-state index contributed by atoms with van der Waals surface area (Å²) in [4.78, 5) is 37.8. The highest BCUT2D eigenvalue weighted by atomic mass is 16.5. The zero-order valence-corrected chi connectivity index (χ0v) is 20.6. The van der Waals surface area contributed by atoms with Gasteiger partial charge in [0, 0.05) is 36.9 Å². The molecule has 8 heteroatoms. The molecule has 1 unspecified atom stereocenters. The van der Waals surface area contributed by atoms with Gasteiger partial charge >= 0.3 is 0 Å². The van der Waals surface area contributed by atoms with Crippen LogP contribution < -0.4 is 5.32 Å². The number of aliphatic hydroxyl groups excluding tert-OH is 1. The predicted octanol–water partition coefficient (Wildman–Crippen LogP) is 2.31. The molecule has 36 heavy (non-hydrogen) atoms. The van der Waals surface area contributed by atoms with E-state index >= 15 is 0 Å². The lowest BCUT2D eigenvalue weighted by molar-refractivity contribution is -0.135. The molecule has 3 rings (SSSR count). The minimum atomic E-state index is -1.40. The van der Waals surface area contributed by atoms with Gasteiger partial charge in [-0.3, -0.25) is 14.4 Å². The standard InChI is InChI=1S/C28H29N3O5/c1-19-17-24(30-36-19)6-4-5-20-7-9-21(10-8-20)11-12-22-13-15-23(16-14-22)28(35)31(3)26(25(33)18-32)27(34)29-2/h7-10,13-17,26,32H,4-6,18H2,1-3H3,(H,29,34). The first-order valence-electron chi connectivity index (χ1n) is 11.6. The molecule has 0 radical (unpaired) electrons. The van der Waals surface area contributed by atoms with E-state index in [1.807, 2.05) is 25.1 Å². The van der Waals surface area contributed by atoms with Gasteiger partial charge in [-0.1, -0.05) is 29.1 Å². The molecule has 1 heterocycles. The largest absolute Gasteiger partial charge is 0.388 e. The second kappa shape index (κ2) is 12.5. The number of carbonyl (C=O) groups excluding carboxylic acids is 3. The van der Waals surface area contributed by atoms with Crippen molar-refractivity contribution in [2.45, 2.75) is 32.2 Å². The lowest BCUT2D eigenvalue weighted by atomic mass is 10.0. The van der Waals surface area contributed by atoms with Crippen molar-refractivity contribution in [1.29, 1.82) is 0 Å². The van der Waals surface area contributed by atoms with Crippen LogP contribution in [0.3, 0.4) is 0 Å². The molecule has 0 aliphatic heterocycles. The Bertz CT molecular complexity index is 1250. The third-order valence-corrected chi connectivity index (χ3v) is 5.68. The summed E-state index contributed by atoms with van der Waals surface area (Å²) in [6.45, 7) is 1.05. The minimum absolute atomic E-state index is 0.299. The second-order valence-corrected chi connectivity index (χ2v) is 8.36. The fraction of sp³-hybridized carbons (Fsp3) is 0.286. The van der Waals surface area contributed by atoms with Crippen LogP contribution in [0.15, 0.2) is 59.1 Å². The molecule has 1 aromatic heterocycles. The van der Waals surface area contributed by atoms with Crippen LogP contribution in [0.1, 0.15) is 44.9 Å². The Morgan fingerprint density at radius 2 is 1.64 bits per heavy atom. The molecule has 3 aromatic rings. The number of amides is 2. The quantitative estimate of drug-likeness (QED) is 0.354. The molecule has 2 N–H and O–H groups in total. The maximum Gasteiger partial charge on any atom is 0.254 e. The average molecular weight is 488 g/mol. The molecule has 8 nitrogen and oxygen atoms in total. The van der Waals surface area contributed by atoms with Crippen LogP contribution in [0.2, 0.25) is 0 Å². The number of nitrogens with one attached hydrogen (secondary N) is 1. The van der Waals surface area contributed by atoms with E-state index in [0.717, 1.165) is 46.7 Å². The number of likely N-dealkylation sites (N-methyl/N-ethyl adjacent to an activating group) is 2. The van der Waals surface area contributed by atoms with Gasteiger partial charge in [0.2, 0.25) is 5.91 Å². The Balaban J connectivity index is 1.59. The van der Waals surface area contributed by atoms with E-state index in [2.05, 4.69) is 34.4 Å². The number of aryl methyl sites for hydroxylation is 3. The fourth-order valence-corrected chi connectivity index (χ4v) is 3.69. The summed E-state index contributed by atoms with van der Waals surface area (Å²) in [5.41, 5.74) is 4.09. The zero-order valence-electron chi connectivity index (χ0n) is 20.6. The van der Waals surface area contributed by atoms with Crippen molar-refractivity contribution in [1.82, 2.24) is 15.4 Å². The number of hydrogen-bond acceptors (Lipinski definition) is 6. The molecular formula is C28H29N3O5. The molecule has 186 valence electrons. The van der Waals surface area contributed by atoms with Crippen molar-refractivity contribution in [3.8, 4) is 11.8 Å². The number of ketones is 1. The smallest absolute Gasteiger partial charge is 0.254 e. The first-order valence-corrected chi connectivity index (χ1v) is 11.6. The molecule has 0 fully saturated rings. The average Bonchev–Trinajstić information content (AvgIpc) is 3.32. The van der Waals surface area contributed by atoms with Crippen molar-refractivity contribution >= 4 is 17.6 Å². The van der Waals surface area contributed by atoms with Crippen molar-refractivity contribution < 1.29 is 24.0 Å². The summed E-state index contributed by atoms with van der Waals surface area (Å²) >= 11 is 0. The van der Waals surface area contributed by atoms with Gasteiger partial charge in [-0.05, 0) is 68.1 Å². The monoisotopic (exact) mass is 487 g/mol. The van der Waals surface area contributed by atoms with Crippen LogP contribution in [-0.2, 0) is 22.4 Å². The van der Waals surface area contributed by atoms with Crippen LogP contribution in [-0.4, -0.2) is 59.5 Å². The Morgan fingerprint density at radius 3 is 2.17 bits per heavy atom. The molecule has 2 aromatic carbocycles. The number of rotatable bonds is 9. The van der Waals surface area contributed by atoms with Crippen molar-refractivity contribution in [2.24, 2.45) is 0 Å². The predicted molar refractivity (Wildman–Crippen MR) is 134 cm³/mol. The van der Waals surface area contributed by atoms with E-state index in [9.17, 15) is 14.4 Å². The van der Waals surface area contributed by atoms with E-state index < -0.39 is 30.2 Å². The first kappa shape index (κ1) is 26.4. The maximum absolute atomic E-state index is 12.8. The van der Waals surface area contributed by atoms with E-state index in [1.54, 1.807) is 24.3 Å². The summed E-state index contributed by atoms with van der Waals surface area (Å²) in [5.74, 6) is 5.08. The van der Waals surface area contributed by atoms with Crippen LogP contribution in [0.25, 0.3) is 0 Å². The van der Waals surface area contributed by atoms with Crippen LogP contribution in [0.4, 0.5) is 0 Å². The topological polar surface area (TPSA) is 113 Å². The van der Waals surface area contributed by atoms with Crippen LogP contribution in [0.5, 0.6) is 0 Å². The highest BCUT2D eigenvalue weighted by molar-refractivity contribution is 6.10. The number of benzene rings is 2. The molecule has 0 bridgehead atoms. The number of aliphatic hydroxyl groups is 1. The van der Waals surface area contributed by atoms with Crippen molar-refractivity contribution in [3.05, 3.63) is 88.3 Å². The summed E-state index contributed by atoms with van der Waals surface area (Å²) in [6, 6.07) is 15.2. The third-order valence-electron chi connectivity index (χ3n) is 5.68. The van der Waals surface area contributed by atoms with Gasteiger partial charge in [-0.15, -0.1) is 0 Å². The van der Waals surface area contributed by atoms with Crippen LogP contribution in [0, 0.1) is 18.8 Å². The number of nitrogens with zero attached hydrogens (tertiary/aromatic N) is 2. The number of Topliss-reactive ketones (excluding diaryl/α,β-unsaturated/α-hetero) is 1. The summed E-state index contributed by atoms with van der Waals surface area (Å²) < 4.78 is 5.09. The van der Waals surface area contributed by atoms with Gasteiger partial charge < -0.3 is 19.8 Å². The lowest BCUT2D eigenvalue weighted by Crippen LogP contribution is -2.52. The van der Waals surface area contributed by atoms with Gasteiger partial charge in [-0.25, -0.2) is 0 Å². The molecule has 1 atom stereocenters. The van der Waals surface area contributed by atoms with Gasteiger partial charge in [0.25, 0.3) is 5.91 Å². The van der Waals surface area contributed by atoms with Crippen LogP contribution >= 0.6 is 0 Å². The van der Waals surface area contributed by atoms with Gasteiger partial charge in [0.1, 0.15) is 12.4 Å². The maximum atomic E-state index is 12.8. The Kier molecular flexibility index (Phi) is 9.14. The van der Waals surface area contributed by atoms with E-state index in [0.29, 0.717) is 5.56 Å². The molecule has 0 aliphatic rings. The normalized spacial score (nSPS) is 11.2. The summed E-state index contributed by atoms with van der Waals surface area (Å²) in [6.07, 6.45) is 2.79. The summed E-state index contributed by atoms with van der Waals surface area (Å²) in [5, 5.41) is 15.5. The SMILES string of the molecule is CNC(=O)C(C(=O)CO)N(C)C(=O)c1ccc(C#Cc2ccc(CCCc3cc(C)on3)cc2)cc1. The lowest BCUT2D eigenvalue weighted by Gasteiger charge is -2.25. The fourth-order valence-electron chi connectivity index (χ4n) is 3.69. The molecule has 0 saturated heterocycles. The molecule has 0 saturated carbocycles. The van der Waals surface area contributed by atoms with Crippen molar-refractivity contribution in [2.75, 3.05) is 20.7 Å². The third kappa shape index (κ3) is 6.90. The van der Waals surface area contributed by atoms with Crippen molar-refractivity contribution in [3.63, 3.8) is 0 Å². The molecule has 0 aliphatic carbocycles. The number of carbonyl (C=O) groups is 3. The molecular weight excluding hydrogens is 458 g/mol. The highest BCUT2D eigenvalue weighted by Crippen LogP contribution is 2.12. The Morgan fingerprint density at radius 1 is 1.03 bits per heavy atom. The first-order chi connectivity index (χ1) is 17.3. The van der Waals surface area contributed by atoms with E-state index in [4.69, 9.17) is 9.63 Å². The second-order valence-electron chi connectivity index (χ2n) is 8.36. The van der Waals surface area contributed by atoms with Gasteiger partial charge in [-0.2, -0.15) is 0 Å². The summed E-state index contributed by atoms with van der Waals surface area (Å²) in [7, 11) is 2.71.